The fraction of sp³-hybridized carbons (Fsp3) is 0.385. The lowest BCUT2D eigenvalue weighted by atomic mass is 10.1. The van der Waals surface area contributed by atoms with E-state index < -0.39 is 0 Å². The number of rotatable bonds is 7. The molecule has 0 heterocycles. The Labute approximate surface area is 92.2 Å². The second-order valence-corrected chi connectivity index (χ2v) is 3.65. The molecule has 2 nitrogen and oxygen atoms in total. The minimum atomic E-state index is 0.368. The van der Waals surface area contributed by atoms with Gasteiger partial charge in [-0.05, 0) is 24.9 Å². The van der Waals surface area contributed by atoms with E-state index in [1.807, 2.05) is 12.1 Å². The van der Waals surface area contributed by atoms with E-state index in [2.05, 4.69) is 36.2 Å². The molecule has 0 radical (unpaired) electrons. The fourth-order valence-electron chi connectivity index (χ4n) is 1.53. The van der Waals surface area contributed by atoms with Gasteiger partial charge in [0.2, 0.25) is 0 Å². The van der Waals surface area contributed by atoms with Gasteiger partial charge in [0.1, 0.15) is 0 Å². The summed E-state index contributed by atoms with van der Waals surface area (Å²) in [6.45, 7) is 5.33. The largest absolute Gasteiger partial charge is 0.329 e. The van der Waals surface area contributed by atoms with Gasteiger partial charge in [-0.25, -0.2) is 0 Å². The molecule has 15 heavy (non-hydrogen) atoms. The highest BCUT2D eigenvalue weighted by Gasteiger charge is 2.05. The SMILES string of the molecule is C=CCCNC(CN)Cc1ccccc1. The Morgan fingerprint density at radius 2 is 2.07 bits per heavy atom. The van der Waals surface area contributed by atoms with Crippen LogP contribution < -0.4 is 11.1 Å². The molecule has 0 aliphatic carbocycles. The van der Waals surface area contributed by atoms with Gasteiger partial charge >= 0.3 is 0 Å². The summed E-state index contributed by atoms with van der Waals surface area (Å²) in [5.74, 6) is 0. The molecule has 0 bridgehead atoms. The molecule has 3 N–H and O–H groups in total. The first-order chi connectivity index (χ1) is 7.36. The highest BCUT2D eigenvalue weighted by molar-refractivity contribution is 5.15. The Morgan fingerprint density at radius 1 is 1.33 bits per heavy atom. The molecule has 0 amide bonds. The van der Waals surface area contributed by atoms with Crippen LogP contribution in [-0.2, 0) is 6.42 Å². The van der Waals surface area contributed by atoms with Gasteiger partial charge in [0.25, 0.3) is 0 Å². The van der Waals surface area contributed by atoms with Crippen molar-refractivity contribution >= 4 is 0 Å². The molecule has 1 aromatic carbocycles. The van der Waals surface area contributed by atoms with E-state index in [0.29, 0.717) is 12.6 Å². The lowest BCUT2D eigenvalue weighted by Crippen LogP contribution is -2.38. The van der Waals surface area contributed by atoms with Crippen LogP contribution in [0.5, 0.6) is 0 Å². The summed E-state index contributed by atoms with van der Waals surface area (Å²) < 4.78 is 0. The smallest absolute Gasteiger partial charge is 0.0230 e. The van der Waals surface area contributed by atoms with Gasteiger partial charge in [-0.3, -0.25) is 0 Å². The standard InChI is InChI=1S/C13H20N2/c1-2-3-9-15-13(11-14)10-12-7-5-4-6-8-12/h2,4-8,13,15H,1,3,9-11,14H2. The van der Waals surface area contributed by atoms with Crippen molar-refractivity contribution in [3.05, 3.63) is 48.6 Å². The fourth-order valence-corrected chi connectivity index (χ4v) is 1.53. The first kappa shape index (κ1) is 12.0. The van der Waals surface area contributed by atoms with Gasteiger partial charge in [-0.1, -0.05) is 36.4 Å². The molecule has 1 rings (SSSR count). The molecule has 0 saturated carbocycles. The van der Waals surface area contributed by atoms with Crippen molar-refractivity contribution in [3.63, 3.8) is 0 Å². The molecule has 1 aromatic rings. The van der Waals surface area contributed by atoms with Crippen LogP contribution in [0.2, 0.25) is 0 Å². The van der Waals surface area contributed by atoms with Crippen molar-refractivity contribution in [1.82, 2.24) is 5.32 Å². The maximum atomic E-state index is 5.71. The van der Waals surface area contributed by atoms with Crippen LogP contribution in [-0.4, -0.2) is 19.1 Å². The van der Waals surface area contributed by atoms with E-state index in [4.69, 9.17) is 5.73 Å². The van der Waals surface area contributed by atoms with Crippen LogP contribution in [0.3, 0.4) is 0 Å². The third-order valence-corrected chi connectivity index (χ3v) is 2.39. The number of hydrogen-bond acceptors (Lipinski definition) is 2. The summed E-state index contributed by atoms with van der Waals surface area (Å²) in [5, 5.41) is 3.42. The average molecular weight is 204 g/mol. The Hall–Kier alpha value is -1.12. The molecule has 1 atom stereocenters. The number of hydrogen-bond donors (Lipinski definition) is 2. The van der Waals surface area contributed by atoms with E-state index in [0.717, 1.165) is 19.4 Å². The van der Waals surface area contributed by atoms with E-state index in [9.17, 15) is 0 Å². The van der Waals surface area contributed by atoms with Gasteiger partial charge in [-0.15, -0.1) is 6.58 Å². The van der Waals surface area contributed by atoms with Crippen molar-refractivity contribution in [2.45, 2.75) is 18.9 Å². The number of nitrogens with one attached hydrogen (secondary N) is 1. The van der Waals surface area contributed by atoms with Crippen LogP contribution >= 0.6 is 0 Å². The zero-order chi connectivity index (χ0) is 10.9. The van der Waals surface area contributed by atoms with Gasteiger partial charge in [0.05, 0.1) is 0 Å². The second kappa shape index (κ2) is 7.21. The van der Waals surface area contributed by atoms with Crippen molar-refractivity contribution in [1.29, 1.82) is 0 Å². The first-order valence-electron chi connectivity index (χ1n) is 5.45. The van der Waals surface area contributed by atoms with Gasteiger partial charge in [-0.2, -0.15) is 0 Å². The van der Waals surface area contributed by atoms with E-state index >= 15 is 0 Å². The molecule has 0 saturated heterocycles. The maximum absolute atomic E-state index is 5.71. The maximum Gasteiger partial charge on any atom is 0.0230 e. The normalized spacial score (nSPS) is 12.3. The molecule has 0 spiro atoms. The van der Waals surface area contributed by atoms with E-state index in [1.54, 1.807) is 0 Å². The zero-order valence-electron chi connectivity index (χ0n) is 9.15. The molecule has 1 unspecified atom stereocenters. The Kier molecular flexibility index (Phi) is 5.74. The third kappa shape index (κ3) is 4.77. The van der Waals surface area contributed by atoms with E-state index in [-0.39, 0.29) is 0 Å². The van der Waals surface area contributed by atoms with Crippen LogP contribution in [0.15, 0.2) is 43.0 Å². The summed E-state index contributed by atoms with van der Waals surface area (Å²) in [6, 6.07) is 10.8. The highest BCUT2D eigenvalue weighted by atomic mass is 14.9. The van der Waals surface area contributed by atoms with Crippen molar-refractivity contribution in [2.24, 2.45) is 5.73 Å². The molecular weight excluding hydrogens is 184 g/mol. The lowest BCUT2D eigenvalue weighted by molar-refractivity contribution is 0.522. The Balaban J connectivity index is 2.36. The minimum Gasteiger partial charge on any atom is -0.329 e. The van der Waals surface area contributed by atoms with Gasteiger partial charge in [0, 0.05) is 12.6 Å². The summed E-state index contributed by atoms with van der Waals surface area (Å²) in [4.78, 5) is 0. The molecule has 82 valence electrons. The molecular formula is C13H20N2. The number of benzene rings is 1. The summed E-state index contributed by atoms with van der Waals surface area (Å²) in [7, 11) is 0. The van der Waals surface area contributed by atoms with Crippen molar-refractivity contribution in [2.75, 3.05) is 13.1 Å². The lowest BCUT2D eigenvalue weighted by Gasteiger charge is -2.16. The molecule has 0 aromatic heterocycles. The predicted octanol–water partition coefficient (Wildman–Crippen LogP) is 1.72. The van der Waals surface area contributed by atoms with Crippen LogP contribution in [0.4, 0.5) is 0 Å². The Bertz CT molecular complexity index is 269. The van der Waals surface area contributed by atoms with Gasteiger partial charge < -0.3 is 11.1 Å². The quantitative estimate of drug-likeness (QED) is 0.524. The van der Waals surface area contributed by atoms with Crippen molar-refractivity contribution < 1.29 is 0 Å². The van der Waals surface area contributed by atoms with Crippen LogP contribution in [0.25, 0.3) is 0 Å². The third-order valence-electron chi connectivity index (χ3n) is 2.39. The summed E-state index contributed by atoms with van der Waals surface area (Å²) in [5.41, 5.74) is 7.05. The van der Waals surface area contributed by atoms with Gasteiger partial charge in [0.15, 0.2) is 0 Å². The Morgan fingerprint density at radius 3 is 2.67 bits per heavy atom. The van der Waals surface area contributed by atoms with Crippen molar-refractivity contribution in [3.8, 4) is 0 Å². The minimum absolute atomic E-state index is 0.368. The second-order valence-electron chi connectivity index (χ2n) is 3.65. The topological polar surface area (TPSA) is 38.0 Å². The van der Waals surface area contributed by atoms with Crippen LogP contribution in [0.1, 0.15) is 12.0 Å². The predicted molar refractivity (Wildman–Crippen MR) is 65.8 cm³/mol. The molecule has 0 fully saturated rings. The van der Waals surface area contributed by atoms with Crippen LogP contribution in [0, 0.1) is 0 Å². The molecule has 0 aliphatic heterocycles. The molecule has 0 aliphatic rings. The summed E-state index contributed by atoms with van der Waals surface area (Å²) >= 11 is 0. The zero-order valence-corrected chi connectivity index (χ0v) is 9.15. The number of nitrogens with two attached hydrogens (primary N) is 1. The first-order valence-corrected chi connectivity index (χ1v) is 5.45. The highest BCUT2D eigenvalue weighted by Crippen LogP contribution is 2.02. The monoisotopic (exact) mass is 204 g/mol. The molecule has 2 heteroatoms. The summed E-state index contributed by atoms with van der Waals surface area (Å²) in [6.07, 6.45) is 3.91. The van der Waals surface area contributed by atoms with E-state index in [1.165, 1.54) is 5.56 Å². The average Bonchev–Trinajstić information content (AvgIpc) is 2.29.